The first kappa shape index (κ1) is 14.4. The van der Waals surface area contributed by atoms with Crippen LogP contribution in [0.5, 0.6) is 0 Å². The standard InChI is InChI=1S/C15H23FN2O/c1-3-18-8-9-19-15(11-18)10-17-12(2)13-4-6-14(16)7-5-13/h4-7,12,15,17H,3,8-11H2,1-2H3/t12-,15?/m0/s1. The van der Waals surface area contributed by atoms with Gasteiger partial charge in [-0.1, -0.05) is 19.1 Å². The van der Waals surface area contributed by atoms with Crippen LogP contribution in [0.4, 0.5) is 4.39 Å². The molecule has 0 saturated carbocycles. The van der Waals surface area contributed by atoms with E-state index in [2.05, 4.69) is 24.1 Å². The molecule has 2 atom stereocenters. The molecule has 1 aliphatic heterocycles. The van der Waals surface area contributed by atoms with E-state index in [-0.39, 0.29) is 18.0 Å². The van der Waals surface area contributed by atoms with Gasteiger partial charge < -0.3 is 10.1 Å². The van der Waals surface area contributed by atoms with Gasteiger partial charge in [0.25, 0.3) is 0 Å². The van der Waals surface area contributed by atoms with Crippen LogP contribution in [0, 0.1) is 5.82 Å². The fourth-order valence-electron chi connectivity index (χ4n) is 2.37. The predicted octanol–water partition coefficient (Wildman–Crippen LogP) is 2.20. The smallest absolute Gasteiger partial charge is 0.123 e. The Morgan fingerprint density at radius 3 is 2.84 bits per heavy atom. The number of morpholine rings is 1. The van der Waals surface area contributed by atoms with E-state index in [0.717, 1.165) is 38.3 Å². The first-order chi connectivity index (χ1) is 9.19. The molecule has 1 unspecified atom stereocenters. The van der Waals surface area contributed by atoms with Crippen LogP contribution < -0.4 is 5.32 Å². The summed E-state index contributed by atoms with van der Waals surface area (Å²) in [4.78, 5) is 2.40. The van der Waals surface area contributed by atoms with Gasteiger partial charge in [0, 0.05) is 25.7 Å². The van der Waals surface area contributed by atoms with Crippen LogP contribution in [0.2, 0.25) is 0 Å². The largest absolute Gasteiger partial charge is 0.374 e. The summed E-state index contributed by atoms with van der Waals surface area (Å²) in [7, 11) is 0. The van der Waals surface area contributed by atoms with Gasteiger partial charge in [0.05, 0.1) is 12.7 Å². The van der Waals surface area contributed by atoms with Crippen LogP contribution in [0.3, 0.4) is 0 Å². The number of hydrogen-bond donors (Lipinski definition) is 1. The van der Waals surface area contributed by atoms with Crippen LogP contribution in [0.15, 0.2) is 24.3 Å². The molecular formula is C15H23FN2O. The van der Waals surface area contributed by atoms with Crippen molar-refractivity contribution in [3.05, 3.63) is 35.6 Å². The molecule has 1 aliphatic rings. The fraction of sp³-hybridized carbons (Fsp3) is 0.600. The lowest BCUT2D eigenvalue weighted by Crippen LogP contribution is -2.46. The molecule has 1 aromatic rings. The second-order valence-electron chi connectivity index (χ2n) is 5.07. The quantitative estimate of drug-likeness (QED) is 0.884. The van der Waals surface area contributed by atoms with Gasteiger partial charge in [-0.3, -0.25) is 4.90 Å². The van der Waals surface area contributed by atoms with Gasteiger partial charge in [-0.25, -0.2) is 4.39 Å². The second-order valence-corrected chi connectivity index (χ2v) is 5.07. The minimum absolute atomic E-state index is 0.190. The zero-order chi connectivity index (χ0) is 13.7. The number of nitrogens with zero attached hydrogens (tertiary/aromatic N) is 1. The Balaban J connectivity index is 1.79. The molecule has 0 aromatic heterocycles. The van der Waals surface area contributed by atoms with E-state index >= 15 is 0 Å². The number of likely N-dealkylation sites (N-methyl/N-ethyl adjacent to an activating group) is 1. The predicted molar refractivity (Wildman–Crippen MR) is 74.7 cm³/mol. The summed E-state index contributed by atoms with van der Waals surface area (Å²) in [5, 5.41) is 3.46. The van der Waals surface area contributed by atoms with E-state index in [9.17, 15) is 4.39 Å². The zero-order valence-corrected chi connectivity index (χ0v) is 11.7. The lowest BCUT2D eigenvalue weighted by molar-refractivity contribution is -0.0262. The first-order valence-corrected chi connectivity index (χ1v) is 7.02. The van der Waals surface area contributed by atoms with Crippen LogP contribution >= 0.6 is 0 Å². The highest BCUT2D eigenvalue weighted by atomic mass is 19.1. The highest BCUT2D eigenvalue weighted by Crippen LogP contribution is 2.13. The van der Waals surface area contributed by atoms with Gasteiger partial charge in [-0.15, -0.1) is 0 Å². The van der Waals surface area contributed by atoms with Gasteiger partial charge in [-0.2, -0.15) is 0 Å². The van der Waals surface area contributed by atoms with Gasteiger partial charge in [-0.05, 0) is 31.2 Å². The molecule has 0 bridgehead atoms. The summed E-state index contributed by atoms with van der Waals surface area (Å²) >= 11 is 0. The topological polar surface area (TPSA) is 24.5 Å². The van der Waals surface area contributed by atoms with Gasteiger partial charge >= 0.3 is 0 Å². The maximum absolute atomic E-state index is 12.9. The molecule has 0 aliphatic carbocycles. The molecule has 1 heterocycles. The van der Waals surface area contributed by atoms with E-state index in [4.69, 9.17) is 4.74 Å². The van der Waals surface area contributed by atoms with Crippen molar-refractivity contribution in [1.82, 2.24) is 10.2 Å². The third-order valence-electron chi connectivity index (χ3n) is 3.69. The average molecular weight is 266 g/mol. The third-order valence-corrected chi connectivity index (χ3v) is 3.69. The zero-order valence-electron chi connectivity index (χ0n) is 11.7. The molecule has 0 spiro atoms. The van der Waals surface area contributed by atoms with Crippen LogP contribution in [-0.4, -0.2) is 43.8 Å². The Labute approximate surface area is 114 Å². The molecular weight excluding hydrogens is 243 g/mol. The lowest BCUT2D eigenvalue weighted by Gasteiger charge is -2.32. The molecule has 2 rings (SSSR count). The number of nitrogens with one attached hydrogen (secondary N) is 1. The van der Waals surface area contributed by atoms with Gasteiger partial charge in [0.1, 0.15) is 5.82 Å². The number of halogens is 1. The molecule has 1 aromatic carbocycles. The molecule has 0 radical (unpaired) electrons. The molecule has 3 nitrogen and oxygen atoms in total. The normalized spacial score (nSPS) is 22.4. The minimum Gasteiger partial charge on any atom is -0.374 e. The first-order valence-electron chi connectivity index (χ1n) is 7.02. The van der Waals surface area contributed by atoms with E-state index in [0.29, 0.717) is 0 Å². The molecule has 4 heteroatoms. The molecule has 19 heavy (non-hydrogen) atoms. The summed E-state index contributed by atoms with van der Waals surface area (Å²) in [6, 6.07) is 6.87. The number of benzene rings is 1. The Kier molecular flexibility index (Phi) is 5.31. The van der Waals surface area contributed by atoms with Crippen molar-refractivity contribution in [2.75, 3.05) is 32.8 Å². The van der Waals surface area contributed by atoms with Crippen molar-refractivity contribution in [2.45, 2.75) is 26.0 Å². The van der Waals surface area contributed by atoms with E-state index in [1.54, 1.807) is 0 Å². The monoisotopic (exact) mass is 266 g/mol. The van der Waals surface area contributed by atoms with Crippen molar-refractivity contribution in [1.29, 1.82) is 0 Å². The van der Waals surface area contributed by atoms with Crippen LogP contribution in [0.1, 0.15) is 25.5 Å². The lowest BCUT2D eigenvalue weighted by atomic mass is 10.1. The molecule has 106 valence electrons. The van der Waals surface area contributed by atoms with Crippen molar-refractivity contribution in [3.8, 4) is 0 Å². The summed E-state index contributed by atoms with van der Waals surface area (Å²) in [6.45, 7) is 9.00. The van der Waals surface area contributed by atoms with Crippen molar-refractivity contribution in [2.24, 2.45) is 0 Å². The Morgan fingerprint density at radius 1 is 1.42 bits per heavy atom. The van der Waals surface area contributed by atoms with E-state index < -0.39 is 0 Å². The summed E-state index contributed by atoms with van der Waals surface area (Å²) in [5.41, 5.74) is 1.10. The second kappa shape index (κ2) is 6.98. The maximum Gasteiger partial charge on any atom is 0.123 e. The maximum atomic E-state index is 12.9. The molecule has 0 amide bonds. The van der Waals surface area contributed by atoms with Crippen molar-refractivity contribution in [3.63, 3.8) is 0 Å². The van der Waals surface area contributed by atoms with Crippen LogP contribution in [-0.2, 0) is 4.74 Å². The SMILES string of the molecule is CCN1CCOC(CN[C@@H](C)c2ccc(F)cc2)C1. The molecule has 1 saturated heterocycles. The van der Waals surface area contributed by atoms with Gasteiger partial charge in [0.15, 0.2) is 0 Å². The highest BCUT2D eigenvalue weighted by molar-refractivity contribution is 5.19. The highest BCUT2D eigenvalue weighted by Gasteiger charge is 2.19. The Hall–Kier alpha value is -0.970. The Bertz CT molecular complexity index is 382. The number of hydrogen-bond acceptors (Lipinski definition) is 3. The van der Waals surface area contributed by atoms with Gasteiger partial charge in [0.2, 0.25) is 0 Å². The van der Waals surface area contributed by atoms with E-state index in [1.807, 2.05) is 12.1 Å². The van der Waals surface area contributed by atoms with Crippen molar-refractivity contribution < 1.29 is 9.13 Å². The minimum atomic E-state index is -0.190. The summed E-state index contributed by atoms with van der Waals surface area (Å²) < 4.78 is 18.6. The van der Waals surface area contributed by atoms with Crippen molar-refractivity contribution >= 4 is 0 Å². The van der Waals surface area contributed by atoms with Crippen LogP contribution in [0.25, 0.3) is 0 Å². The fourth-order valence-corrected chi connectivity index (χ4v) is 2.37. The number of ether oxygens (including phenoxy) is 1. The summed E-state index contributed by atoms with van der Waals surface area (Å²) in [6.07, 6.45) is 0.247. The summed E-state index contributed by atoms with van der Waals surface area (Å²) in [5.74, 6) is -0.190. The Morgan fingerprint density at radius 2 is 2.16 bits per heavy atom. The van der Waals surface area contributed by atoms with E-state index in [1.165, 1.54) is 12.1 Å². The third kappa shape index (κ3) is 4.27. The molecule has 1 N–H and O–H groups in total. The average Bonchev–Trinajstić information content (AvgIpc) is 2.46. The molecule has 1 fully saturated rings. The number of rotatable bonds is 5.